The number of carbonyl (C=O) groups is 2. The highest BCUT2D eigenvalue weighted by Gasteiger charge is 2.09. The molecule has 18 heavy (non-hydrogen) atoms. The Bertz CT molecular complexity index is 420. The molecule has 0 fully saturated rings. The van der Waals surface area contributed by atoms with Gasteiger partial charge in [0.2, 0.25) is 0 Å². The zero-order valence-corrected chi connectivity index (χ0v) is 10.7. The zero-order chi connectivity index (χ0) is 13.5. The lowest BCUT2D eigenvalue weighted by molar-refractivity contribution is -0.136. The quantitative estimate of drug-likeness (QED) is 0.767. The number of benzene rings is 1. The Morgan fingerprint density at radius 2 is 1.94 bits per heavy atom. The molecule has 0 unspecified atom stereocenters. The second-order valence-corrected chi connectivity index (χ2v) is 4.25. The van der Waals surface area contributed by atoms with Crippen LogP contribution in [0.4, 0.5) is 4.79 Å². The van der Waals surface area contributed by atoms with E-state index in [2.05, 4.69) is 10.6 Å². The first-order valence-electron chi connectivity index (χ1n) is 5.50. The van der Waals surface area contributed by atoms with E-state index in [1.807, 2.05) is 19.1 Å². The Balaban J connectivity index is 2.39. The minimum Gasteiger partial charge on any atom is -0.481 e. The van der Waals surface area contributed by atoms with Crippen LogP contribution in [0.15, 0.2) is 24.3 Å². The van der Waals surface area contributed by atoms with Gasteiger partial charge < -0.3 is 15.7 Å². The molecule has 0 aromatic heterocycles. The van der Waals surface area contributed by atoms with Gasteiger partial charge in [-0.1, -0.05) is 23.7 Å². The first kappa shape index (κ1) is 14.3. The van der Waals surface area contributed by atoms with Gasteiger partial charge in [-0.15, -0.1) is 0 Å². The maximum absolute atomic E-state index is 11.4. The molecule has 1 atom stereocenters. The Kier molecular flexibility index (Phi) is 5.45. The fourth-order valence-electron chi connectivity index (χ4n) is 1.37. The lowest BCUT2D eigenvalue weighted by Gasteiger charge is -2.14. The molecule has 0 spiro atoms. The first-order chi connectivity index (χ1) is 8.49. The summed E-state index contributed by atoms with van der Waals surface area (Å²) >= 11 is 5.76. The summed E-state index contributed by atoms with van der Waals surface area (Å²) in [5.74, 6) is -0.943. The Morgan fingerprint density at radius 3 is 2.50 bits per heavy atom. The molecule has 1 aromatic rings. The number of halogens is 1. The minimum atomic E-state index is -0.943. The molecule has 0 saturated carbocycles. The number of carboxylic acids is 1. The molecule has 0 saturated heterocycles. The summed E-state index contributed by atoms with van der Waals surface area (Å²) in [6, 6.07) is 6.58. The van der Waals surface area contributed by atoms with Gasteiger partial charge in [0.05, 0.1) is 12.5 Å². The van der Waals surface area contributed by atoms with E-state index in [0.717, 1.165) is 5.56 Å². The normalized spacial score (nSPS) is 11.7. The summed E-state index contributed by atoms with van der Waals surface area (Å²) in [4.78, 5) is 21.7. The number of hydrogen-bond acceptors (Lipinski definition) is 2. The van der Waals surface area contributed by atoms with E-state index in [1.165, 1.54) is 0 Å². The molecule has 0 aliphatic heterocycles. The van der Waals surface area contributed by atoms with Crippen molar-refractivity contribution in [2.24, 2.45) is 0 Å². The van der Waals surface area contributed by atoms with Gasteiger partial charge in [-0.3, -0.25) is 4.79 Å². The van der Waals surface area contributed by atoms with Crippen molar-refractivity contribution in [1.29, 1.82) is 0 Å². The fraction of sp³-hybridized carbons (Fsp3) is 0.333. The SMILES string of the molecule is C[C@@H](NC(=O)NCCC(=O)O)c1ccc(Cl)cc1. The average molecular weight is 271 g/mol. The molecule has 0 radical (unpaired) electrons. The molecule has 5 nitrogen and oxygen atoms in total. The third kappa shape index (κ3) is 5.05. The molecule has 2 amide bonds. The third-order valence-electron chi connectivity index (χ3n) is 2.34. The van der Waals surface area contributed by atoms with Crippen LogP contribution < -0.4 is 10.6 Å². The fourth-order valence-corrected chi connectivity index (χ4v) is 1.49. The summed E-state index contributed by atoms with van der Waals surface area (Å²) in [6.07, 6.45) is -0.0945. The monoisotopic (exact) mass is 270 g/mol. The lowest BCUT2D eigenvalue weighted by atomic mass is 10.1. The average Bonchev–Trinajstić information content (AvgIpc) is 2.29. The number of carbonyl (C=O) groups excluding carboxylic acids is 1. The molecule has 1 rings (SSSR count). The van der Waals surface area contributed by atoms with E-state index in [0.29, 0.717) is 5.02 Å². The van der Waals surface area contributed by atoms with Gasteiger partial charge in [-0.25, -0.2) is 4.79 Å². The summed E-state index contributed by atoms with van der Waals surface area (Å²) in [5, 5.41) is 14.2. The predicted molar refractivity (Wildman–Crippen MR) is 68.7 cm³/mol. The highest BCUT2D eigenvalue weighted by Crippen LogP contribution is 2.15. The van der Waals surface area contributed by atoms with Crippen LogP contribution in [0.1, 0.15) is 24.9 Å². The van der Waals surface area contributed by atoms with Crippen molar-refractivity contribution in [3.8, 4) is 0 Å². The third-order valence-corrected chi connectivity index (χ3v) is 2.59. The van der Waals surface area contributed by atoms with Gasteiger partial charge in [0.15, 0.2) is 0 Å². The number of nitrogens with one attached hydrogen (secondary N) is 2. The standard InChI is InChI=1S/C12H15ClN2O3/c1-8(9-2-4-10(13)5-3-9)15-12(18)14-7-6-11(16)17/h2-5,8H,6-7H2,1H3,(H,16,17)(H2,14,15,18)/t8-/m1/s1. The number of carboxylic acid groups (broad SMARTS) is 1. The lowest BCUT2D eigenvalue weighted by Crippen LogP contribution is -2.38. The van der Waals surface area contributed by atoms with Gasteiger partial charge in [-0.05, 0) is 24.6 Å². The van der Waals surface area contributed by atoms with Gasteiger partial charge in [0.25, 0.3) is 0 Å². The van der Waals surface area contributed by atoms with Crippen LogP contribution in [0.2, 0.25) is 5.02 Å². The largest absolute Gasteiger partial charge is 0.481 e. The number of rotatable bonds is 5. The summed E-state index contributed by atoms with van der Waals surface area (Å²) < 4.78 is 0. The van der Waals surface area contributed by atoms with E-state index in [9.17, 15) is 9.59 Å². The number of aliphatic carboxylic acids is 1. The highest BCUT2D eigenvalue weighted by molar-refractivity contribution is 6.30. The van der Waals surface area contributed by atoms with Crippen LogP contribution in [-0.2, 0) is 4.79 Å². The van der Waals surface area contributed by atoms with Crippen molar-refractivity contribution in [3.05, 3.63) is 34.9 Å². The van der Waals surface area contributed by atoms with Crippen LogP contribution >= 0.6 is 11.6 Å². The van der Waals surface area contributed by atoms with Crippen molar-refractivity contribution in [1.82, 2.24) is 10.6 Å². The summed E-state index contributed by atoms with van der Waals surface area (Å²) in [5.41, 5.74) is 0.924. The van der Waals surface area contributed by atoms with E-state index in [-0.39, 0.29) is 19.0 Å². The maximum atomic E-state index is 11.4. The first-order valence-corrected chi connectivity index (χ1v) is 5.88. The molecule has 0 aliphatic rings. The maximum Gasteiger partial charge on any atom is 0.315 e. The molecular formula is C12H15ClN2O3. The van der Waals surface area contributed by atoms with E-state index < -0.39 is 12.0 Å². The smallest absolute Gasteiger partial charge is 0.315 e. The second kappa shape index (κ2) is 6.86. The van der Waals surface area contributed by atoms with E-state index in [1.54, 1.807) is 12.1 Å². The van der Waals surface area contributed by atoms with Gasteiger partial charge >= 0.3 is 12.0 Å². The number of amides is 2. The van der Waals surface area contributed by atoms with Crippen molar-refractivity contribution in [2.75, 3.05) is 6.54 Å². The van der Waals surface area contributed by atoms with Crippen LogP contribution in [0.25, 0.3) is 0 Å². The summed E-state index contributed by atoms with van der Waals surface area (Å²) in [6.45, 7) is 1.94. The number of urea groups is 1. The van der Waals surface area contributed by atoms with Crippen LogP contribution in [0.3, 0.4) is 0 Å². The van der Waals surface area contributed by atoms with E-state index >= 15 is 0 Å². The van der Waals surface area contributed by atoms with Crippen LogP contribution in [0, 0.1) is 0 Å². The van der Waals surface area contributed by atoms with Gasteiger partial charge in [0.1, 0.15) is 0 Å². The van der Waals surface area contributed by atoms with Gasteiger partial charge in [0, 0.05) is 11.6 Å². The minimum absolute atomic E-state index is 0.0945. The van der Waals surface area contributed by atoms with Crippen molar-refractivity contribution in [2.45, 2.75) is 19.4 Å². The molecule has 0 heterocycles. The number of hydrogen-bond donors (Lipinski definition) is 3. The van der Waals surface area contributed by atoms with Crippen molar-refractivity contribution >= 4 is 23.6 Å². The molecule has 1 aromatic carbocycles. The highest BCUT2D eigenvalue weighted by atomic mass is 35.5. The Labute approximate surface area is 110 Å². The molecular weight excluding hydrogens is 256 g/mol. The molecule has 98 valence electrons. The van der Waals surface area contributed by atoms with Crippen molar-refractivity contribution in [3.63, 3.8) is 0 Å². The topological polar surface area (TPSA) is 78.4 Å². The van der Waals surface area contributed by atoms with Gasteiger partial charge in [-0.2, -0.15) is 0 Å². The molecule has 6 heteroatoms. The summed E-state index contributed by atoms with van der Waals surface area (Å²) in [7, 11) is 0. The van der Waals surface area contributed by atoms with Crippen molar-refractivity contribution < 1.29 is 14.7 Å². The molecule has 0 aliphatic carbocycles. The van der Waals surface area contributed by atoms with Crippen LogP contribution in [0.5, 0.6) is 0 Å². The van der Waals surface area contributed by atoms with Crippen LogP contribution in [-0.4, -0.2) is 23.7 Å². The Hall–Kier alpha value is -1.75. The van der Waals surface area contributed by atoms with E-state index in [4.69, 9.17) is 16.7 Å². The predicted octanol–water partition coefficient (Wildman–Crippen LogP) is 2.17. The Morgan fingerprint density at radius 1 is 1.33 bits per heavy atom. The molecule has 0 bridgehead atoms. The molecule has 3 N–H and O–H groups in total. The zero-order valence-electron chi connectivity index (χ0n) is 9.94. The second-order valence-electron chi connectivity index (χ2n) is 3.82.